The molecule has 0 amide bonds. The lowest BCUT2D eigenvalue weighted by atomic mass is 9.81. The highest BCUT2D eigenvalue weighted by Crippen LogP contribution is 2.51. The van der Waals surface area contributed by atoms with Crippen molar-refractivity contribution in [3.8, 4) is 22.3 Å². The SMILES string of the molecule is CC1(C)c2ccccc2-c2ccc(-c3cc4c(nc5ccccn54)c4sc5ccccc5c34)cc21. The molecule has 0 saturated heterocycles. The van der Waals surface area contributed by atoms with Gasteiger partial charge >= 0.3 is 0 Å². The molecule has 8 rings (SSSR count). The summed E-state index contributed by atoms with van der Waals surface area (Å²) in [5.74, 6) is 0. The Bertz CT molecular complexity index is 1990. The number of fused-ring (bicyclic) bond motifs is 10. The largest absolute Gasteiger partial charge is 0.300 e. The van der Waals surface area contributed by atoms with Crippen molar-refractivity contribution in [2.24, 2.45) is 0 Å². The summed E-state index contributed by atoms with van der Waals surface area (Å²) in [6.45, 7) is 4.70. The molecule has 2 nitrogen and oxygen atoms in total. The number of nitrogens with zero attached hydrogens (tertiary/aromatic N) is 2. The van der Waals surface area contributed by atoms with Gasteiger partial charge in [0.05, 0.1) is 10.2 Å². The average molecular weight is 467 g/mol. The van der Waals surface area contributed by atoms with E-state index in [4.69, 9.17) is 4.98 Å². The molecule has 0 radical (unpaired) electrons. The van der Waals surface area contributed by atoms with Crippen LogP contribution in [-0.4, -0.2) is 9.38 Å². The highest BCUT2D eigenvalue weighted by molar-refractivity contribution is 7.26. The van der Waals surface area contributed by atoms with Gasteiger partial charge in [-0.15, -0.1) is 11.3 Å². The van der Waals surface area contributed by atoms with Crippen LogP contribution in [0.15, 0.2) is 97.2 Å². The quantitative estimate of drug-likeness (QED) is 0.236. The molecule has 0 aliphatic heterocycles. The zero-order valence-corrected chi connectivity index (χ0v) is 20.4. The second-order valence-corrected chi connectivity index (χ2v) is 11.1. The van der Waals surface area contributed by atoms with E-state index in [1.807, 2.05) is 11.3 Å². The Kier molecular flexibility index (Phi) is 3.64. The van der Waals surface area contributed by atoms with Crippen LogP contribution < -0.4 is 0 Å². The first-order valence-corrected chi connectivity index (χ1v) is 12.9. The van der Waals surface area contributed by atoms with Crippen molar-refractivity contribution in [3.05, 3.63) is 108 Å². The van der Waals surface area contributed by atoms with Gasteiger partial charge in [-0.25, -0.2) is 4.98 Å². The number of pyridine rings is 1. The Labute approximate surface area is 207 Å². The van der Waals surface area contributed by atoms with Crippen LogP contribution in [0, 0.1) is 0 Å². The first-order chi connectivity index (χ1) is 17.1. The summed E-state index contributed by atoms with van der Waals surface area (Å²) in [6, 6.07) is 33.3. The smallest absolute Gasteiger partial charge is 0.137 e. The molecule has 4 aromatic carbocycles. The third-order valence-electron chi connectivity index (χ3n) is 7.82. The summed E-state index contributed by atoms with van der Waals surface area (Å²) in [4.78, 5) is 5.05. The average Bonchev–Trinajstić information content (AvgIpc) is 3.53. The normalized spacial score (nSPS) is 14.2. The van der Waals surface area contributed by atoms with Gasteiger partial charge in [-0.05, 0) is 63.7 Å². The molecular weight excluding hydrogens is 444 g/mol. The Hall–Kier alpha value is -3.95. The summed E-state index contributed by atoms with van der Waals surface area (Å²) in [7, 11) is 0. The van der Waals surface area contributed by atoms with Crippen LogP contribution in [0.2, 0.25) is 0 Å². The predicted molar refractivity (Wildman–Crippen MR) is 149 cm³/mol. The van der Waals surface area contributed by atoms with Crippen molar-refractivity contribution in [3.63, 3.8) is 0 Å². The fourth-order valence-electron chi connectivity index (χ4n) is 6.11. The summed E-state index contributed by atoms with van der Waals surface area (Å²) in [5, 5.41) is 2.62. The summed E-state index contributed by atoms with van der Waals surface area (Å²) in [6.07, 6.45) is 2.12. The van der Waals surface area contributed by atoms with E-state index in [9.17, 15) is 0 Å². The topological polar surface area (TPSA) is 17.3 Å². The lowest BCUT2D eigenvalue weighted by Crippen LogP contribution is -2.14. The van der Waals surface area contributed by atoms with E-state index in [0.717, 1.165) is 16.7 Å². The molecule has 1 aliphatic rings. The molecule has 0 unspecified atom stereocenters. The van der Waals surface area contributed by atoms with Crippen LogP contribution in [0.3, 0.4) is 0 Å². The minimum Gasteiger partial charge on any atom is -0.300 e. The molecule has 0 fully saturated rings. The number of rotatable bonds is 1. The number of aromatic nitrogens is 2. The van der Waals surface area contributed by atoms with Crippen LogP contribution >= 0.6 is 11.3 Å². The van der Waals surface area contributed by atoms with Crippen molar-refractivity contribution < 1.29 is 0 Å². The molecule has 1 aliphatic carbocycles. The van der Waals surface area contributed by atoms with Crippen molar-refractivity contribution in [1.82, 2.24) is 9.38 Å². The summed E-state index contributed by atoms with van der Waals surface area (Å²) < 4.78 is 4.79. The number of benzene rings is 4. The first kappa shape index (κ1) is 19.4. The number of hydrogen-bond donors (Lipinski definition) is 0. The Morgan fingerprint density at radius 2 is 1.54 bits per heavy atom. The Balaban J connectivity index is 1.50. The lowest BCUT2D eigenvalue weighted by Gasteiger charge is -2.22. The summed E-state index contributed by atoms with van der Waals surface area (Å²) in [5.41, 5.74) is 11.3. The minimum absolute atomic E-state index is 0.0226. The van der Waals surface area contributed by atoms with Crippen molar-refractivity contribution in [2.45, 2.75) is 19.3 Å². The molecule has 0 spiro atoms. The maximum absolute atomic E-state index is 5.05. The van der Waals surface area contributed by atoms with E-state index in [1.54, 1.807) is 0 Å². The highest BCUT2D eigenvalue weighted by Gasteiger charge is 2.35. The van der Waals surface area contributed by atoms with Crippen LogP contribution in [0.5, 0.6) is 0 Å². The molecule has 35 heavy (non-hydrogen) atoms. The summed E-state index contributed by atoms with van der Waals surface area (Å²) >= 11 is 1.85. The van der Waals surface area contributed by atoms with E-state index < -0.39 is 0 Å². The predicted octanol–water partition coefficient (Wildman–Crippen LogP) is 8.83. The third kappa shape index (κ3) is 2.46. The molecule has 3 heterocycles. The molecule has 0 N–H and O–H groups in total. The molecule has 0 atom stereocenters. The molecule has 3 aromatic heterocycles. The van der Waals surface area contributed by atoms with Gasteiger partial charge < -0.3 is 0 Å². The molecule has 0 bridgehead atoms. The second kappa shape index (κ2) is 6.59. The van der Waals surface area contributed by atoms with Gasteiger partial charge in [0.1, 0.15) is 11.2 Å². The van der Waals surface area contributed by atoms with Gasteiger partial charge in [0.25, 0.3) is 0 Å². The van der Waals surface area contributed by atoms with Gasteiger partial charge in [0.15, 0.2) is 0 Å². The zero-order chi connectivity index (χ0) is 23.3. The molecular formula is C32H22N2S. The van der Waals surface area contributed by atoms with Gasteiger partial charge in [0.2, 0.25) is 0 Å². The maximum Gasteiger partial charge on any atom is 0.137 e. The number of thiophene rings is 1. The fourth-order valence-corrected chi connectivity index (χ4v) is 7.32. The van der Waals surface area contributed by atoms with Crippen LogP contribution in [0.25, 0.3) is 59.1 Å². The van der Waals surface area contributed by atoms with Crippen molar-refractivity contribution in [1.29, 1.82) is 0 Å². The van der Waals surface area contributed by atoms with Crippen LogP contribution in [0.4, 0.5) is 0 Å². The highest BCUT2D eigenvalue weighted by atomic mass is 32.1. The zero-order valence-electron chi connectivity index (χ0n) is 19.5. The van der Waals surface area contributed by atoms with Gasteiger partial charge in [-0.2, -0.15) is 0 Å². The number of imidazole rings is 1. The monoisotopic (exact) mass is 466 g/mol. The van der Waals surface area contributed by atoms with E-state index in [0.29, 0.717) is 0 Å². The van der Waals surface area contributed by atoms with Crippen molar-refractivity contribution >= 4 is 48.2 Å². The number of hydrogen-bond acceptors (Lipinski definition) is 2. The molecule has 166 valence electrons. The second-order valence-electron chi connectivity index (χ2n) is 10.1. The van der Waals surface area contributed by atoms with Gasteiger partial charge in [-0.1, -0.05) is 74.5 Å². The molecule has 3 heteroatoms. The molecule has 7 aromatic rings. The van der Waals surface area contributed by atoms with Gasteiger partial charge in [0, 0.05) is 27.1 Å². The van der Waals surface area contributed by atoms with Gasteiger partial charge in [-0.3, -0.25) is 4.40 Å². The third-order valence-corrected chi connectivity index (χ3v) is 9.00. The maximum atomic E-state index is 5.05. The van der Waals surface area contributed by atoms with E-state index in [2.05, 4.69) is 115 Å². The minimum atomic E-state index is -0.0226. The first-order valence-electron chi connectivity index (χ1n) is 12.1. The van der Waals surface area contributed by atoms with E-state index in [-0.39, 0.29) is 5.41 Å². The van der Waals surface area contributed by atoms with E-state index >= 15 is 0 Å². The Morgan fingerprint density at radius 1 is 0.743 bits per heavy atom. The van der Waals surface area contributed by atoms with Crippen molar-refractivity contribution in [2.75, 3.05) is 0 Å². The van der Waals surface area contributed by atoms with E-state index in [1.165, 1.54) is 53.6 Å². The van der Waals surface area contributed by atoms with Crippen LogP contribution in [0.1, 0.15) is 25.0 Å². The fraction of sp³-hybridized carbons (Fsp3) is 0.0938. The Morgan fingerprint density at radius 3 is 2.49 bits per heavy atom. The standard InChI is InChI=1S/C32H22N2S/c1-32(2)24-11-5-3-9-20(24)21-15-14-19(17-25(21)32)23-18-26-30(33-28-13-7-8-16-34(26)28)31-29(23)22-10-4-6-12-27(22)35-31/h3-18H,1-2H3. The lowest BCUT2D eigenvalue weighted by molar-refractivity contribution is 0.660. The molecule has 0 saturated carbocycles. The van der Waals surface area contributed by atoms with Crippen LogP contribution in [-0.2, 0) is 5.41 Å².